The molecule has 0 amide bonds. The first-order valence-corrected chi connectivity index (χ1v) is 11.9. The fourth-order valence-corrected chi connectivity index (χ4v) is 6.68. The monoisotopic (exact) mass is 414 g/mol. The molecule has 3 fully saturated rings. The van der Waals surface area contributed by atoms with E-state index >= 15 is 0 Å². The average Bonchev–Trinajstić information content (AvgIpc) is 3.42. The van der Waals surface area contributed by atoms with Crippen molar-refractivity contribution in [1.82, 2.24) is 0 Å². The van der Waals surface area contributed by atoms with Crippen molar-refractivity contribution in [3.05, 3.63) is 99.9 Å². The van der Waals surface area contributed by atoms with E-state index < -0.39 is 5.79 Å². The molecule has 3 heterocycles. The molecule has 0 unspecified atom stereocenters. The Morgan fingerprint density at radius 1 is 0.900 bits per heavy atom. The van der Waals surface area contributed by atoms with Gasteiger partial charge in [0.15, 0.2) is 0 Å². The molecule has 1 saturated carbocycles. The van der Waals surface area contributed by atoms with Crippen LogP contribution in [0.3, 0.4) is 0 Å². The molecule has 2 nitrogen and oxygen atoms in total. The maximum Gasteiger partial charge on any atom is 0.247 e. The standard InChI is InChI=1S/C27H26O2S/c1-3-10-20(11-4-1)18-24-26-16-8-7-14-23(26)22(21-12-5-2-6-13-21)19-27(28-24,29-26)25-15-9-17-30-25/h1-6,9-13,15,17-18,22-23H,7-8,14,16,19H2/b24-18-/t22-,23+,26-,27-/m0/s1. The summed E-state index contributed by atoms with van der Waals surface area (Å²) in [6.45, 7) is 0. The highest BCUT2D eigenvalue weighted by Gasteiger charge is 2.66. The van der Waals surface area contributed by atoms with Crippen LogP contribution in [-0.4, -0.2) is 5.60 Å². The quantitative estimate of drug-likeness (QED) is 0.455. The van der Waals surface area contributed by atoms with Crippen LogP contribution in [0.2, 0.25) is 0 Å². The van der Waals surface area contributed by atoms with Crippen molar-refractivity contribution in [3.8, 4) is 0 Å². The molecule has 0 radical (unpaired) electrons. The molecule has 3 aliphatic rings. The first-order valence-electron chi connectivity index (χ1n) is 11.0. The van der Waals surface area contributed by atoms with E-state index in [4.69, 9.17) is 9.47 Å². The molecule has 1 spiro atoms. The number of rotatable bonds is 3. The minimum Gasteiger partial charge on any atom is -0.458 e. The normalized spacial score (nSPS) is 33.8. The second-order valence-corrected chi connectivity index (χ2v) is 9.76. The van der Waals surface area contributed by atoms with E-state index in [0.717, 1.165) is 18.6 Å². The van der Waals surface area contributed by atoms with Gasteiger partial charge in [0, 0.05) is 12.3 Å². The van der Waals surface area contributed by atoms with Crippen LogP contribution < -0.4 is 0 Å². The van der Waals surface area contributed by atoms with Crippen molar-refractivity contribution in [2.24, 2.45) is 5.92 Å². The molecule has 2 bridgehead atoms. The Kier molecular flexibility index (Phi) is 4.36. The van der Waals surface area contributed by atoms with Crippen molar-refractivity contribution < 1.29 is 9.47 Å². The summed E-state index contributed by atoms with van der Waals surface area (Å²) in [5.41, 5.74) is 2.26. The van der Waals surface area contributed by atoms with Crippen LogP contribution in [0, 0.1) is 5.92 Å². The fourth-order valence-electron chi connectivity index (χ4n) is 5.87. The SMILES string of the molecule is C(=C1/O[C@@]2(c3cccs3)C[C@@H](c3ccccc3)[C@H]3CCCC[C@@]13O2)/c1ccccc1. The summed E-state index contributed by atoms with van der Waals surface area (Å²) >= 11 is 1.74. The summed E-state index contributed by atoms with van der Waals surface area (Å²) in [5.74, 6) is 1.23. The predicted octanol–water partition coefficient (Wildman–Crippen LogP) is 7.11. The van der Waals surface area contributed by atoms with E-state index in [9.17, 15) is 0 Å². The summed E-state index contributed by atoms with van der Waals surface area (Å²) < 4.78 is 14.0. The molecule has 4 atom stereocenters. The lowest BCUT2D eigenvalue weighted by molar-refractivity contribution is -0.246. The van der Waals surface area contributed by atoms with Crippen LogP contribution >= 0.6 is 11.3 Å². The smallest absolute Gasteiger partial charge is 0.247 e. The molecule has 2 saturated heterocycles. The van der Waals surface area contributed by atoms with Crippen molar-refractivity contribution in [3.63, 3.8) is 0 Å². The van der Waals surface area contributed by atoms with E-state index in [1.54, 1.807) is 11.3 Å². The van der Waals surface area contributed by atoms with Gasteiger partial charge in [0.2, 0.25) is 5.79 Å². The molecule has 2 aromatic carbocycles. The van der Waals surface area contributed by atoms with Gasteiger partial charge in [-0.05, 0) is 47.4 Å². The summed E-state index contributed by atoms with van der Waals surface area (Å²) in [4.78, 5) is 1.18. The minimum absolute atomic E-state index is 0.336. The second kappa shape index (κ2) is 7.11. The first kappa shape index (κ1) is 18.4. The Hall–Kier alpha value is -2.36. The minimum atomic E-state index is -0.677. The number of ether oxygens (including phenoxy) is 2. The first-order chi connectivity index (χ1) is 14.8. The van der Waals surface area contributed by atoms with Crippen LogP contribution in [0.1, 0.15) is 54.0 Å². The summed E-state index contributed by atoms with van der Waals surface area (Å²) in [6, 6.07) is 25.9. The zero-order valence-electron chi connectivity index (χ0n) is 17.0. The number of hydrogen-bond donors (Lipinski definition) is 0. The summed E-state index contributed by atoms with van der Waals surface area (Å²) in [7, 11) is 0. The van der Waals surface area contributed by atoms with E-state index in [1.165, 1.54) is 35.3 Å². The van der Waals surface area contributed by atoms with Crippen molar-refractivity contribution in [1.29, 1.82) is 0 Å². The molecule has 0 N–H and O–H groups in total. The molecule has 1 aliphatic carbocycles. The summed E-state index contributed by atoms with van der Waals surface area (Å²) in [5, 5.41) is 2.13. The van der Waals surface area contributed by atoms with E-state index in [2.05, 4.69) is 84.3 Å². The molecule has 30 heavy (non-hydrogen) atoms. The van der Waals surface area contributed by atoms with Crippen LogP contribution in [0.5, 0.6) is 0 Å². The van der Waals surface area contributed by atoms with Gasteiger partial charge in [0.05, 0.1) is 4.88 Å². The highest BCUT2D eigenvalue weighted by Crippen LogP contribution is 2.65. The van der Waals surface area contributed by atoms with Gasteiger partial charge in [-0.3, -0.25) is 0 Å². The number of fused-ring (bicyclic) bond motifs is 1. The Morgan fingerprint density at radius 2 is 1.70 bits per heavy atom. The molecule has 1 aromatic heterocycles. The zero-order valence-corrected chi connectivity index (χ0v) is 17.8. The van der Waals surface area contributed by atoms with Gasteiger partial charge < -0.3 is 9.47 Å². The number of thiophene rings is 1. The lowest BCUT2D eigenvalue weighted by Crippen LogP contribution is -2.51. The molecule has 6 rings (SSSR count). The molecule has 3 aromatic rings. The van der Waals surface area contributed by atoms with Crippen LogP contribution in [0.4, 0.5) is 0 Å². The van der Waals surface area contributed by atoms with E-state index in [1.807, 2.05) is 0 Å². The molecular formula is C27H26O2S. The molecular weight excluding hydrogens is 388 g/mol. The van der Waals surface area contributed by atoms with Crippen LogP contribution in [0.25, 0.3) is 6.08 Å². The van der Waals surface area contributed by atoms with Gasteiger partial charge in [-0.15, -0.1) is 11.3 Å². The van der Waals surface area contributed by atoms with Gasteiger partial charge in [0.1, 0.15) is 11.4 Å². The number of hydrogen-bond acceptors (Lipinski definition) is 3. The highest BCUT2D eigenvalue weighted by atomic mass is 32.1. The zero-order chi connectivity index (χ0) is 20.0. The van der Waals surface area contributed by atoms with Crippen molar-refractivity contribution in [2.45, 2.75) is 49.4 Å². The lowest BCUT2D eigenvalue weighted by atomic mass is 9.63. The average molecular weight is 415 g/mol. The third-order valence-corrected chi connectivity index (χ3v) is 8.14. The third kappa shape index (κ3) is 2.79. The van der Waals surface area contributed by atoms with Gasteiger partial charge in [-0.2, -0.15) is 0 Å². The number of benzene rings is 2. The Morgan fingerprint density at radius 3 is 2.47 bits per heavy atom. The van der Waals surface area contributed by atoms with Crippen LogP contribution in [-0.2, 0) is 15.3 Å². The van der Waals surface area contributed by atoms with Gasteiger partial charge in [0.25, 0.3) is 0 Å². The topological polar surface area (TPSA) is 18.5 Å². The molecule has 2 aliphatic heterocycles. The summed E-state index contributed by atoms with van der Waals surface area (Å²) in [6.07, 6.45) is 7.79. The largest absolute Gasteiger partial charge is 0.458 e. The van der Waals surface area contributed by atoms with Crippen molar-refractivity contribution in [2.75, 3.05) is 0 Å². The second-order valence-electron chi connectivity index (χ2n) is 8.82. The van der Waals surface area contributed by atoms with E-state index in [-0.39, 0.29) is 5.60 Å². The Labute approximate surface area is 182 Å². The van der Waals surface area contributed by atoms with Gasteiger partial charge in [-0.1, -0.05) is 79.6 Å². The Balaban J connectivity index is 1.53. The van der Waals surface area contributed by atoms with Gasteiger partial charge in [-0.25, -0.2) is 0 Å². The maximum absolute atomic E-state index is 7.08. The van der Waals surface area contributed by atoms with Gasteiger partial charge >= 0.3 is 0 Å². The van der Waals surface area contributed by atoms with Crippen molar-refractivity contribution >= 4 is 17.4 Å². The Bertz CT molecular complexity index is 1040. The van der Waals surface area contributed by atoms with E-state index in [0.29, 0.717) is 11.8 Å². The lowest BCUT2D eigenvalue weighted by Gasteiger charge is -2.49. The van der Waals surface area contributed by atoms with Crippen LogP contribution in [0.15, 0.2) is 83.9 Å². The molecule has 3 heteroatoms. The highest BCUT2D eigenvalue weighted by molar-refractivity contribution is 7.10. The maximum atomic E-state index is 7.08. The predicted molar refractivity (Wildman–Crippen MR) is 121 cm³/mol. The fraction of sp³-hybridized carbons (Fsp3) is 0.333. The third-order valence-electron chi connectivity index (χ3n) is 7.15. The molecule has 152 valence electrons.